The van der Waals surface area contributed by atoms with Crippen LogP contribution >= 0.6 is 0 Å². The summed E-state index contributed by atoms with van der Waals surface area (Å²) >= 11 is 0. The maximum atomic E-state index is 4.89. The molecule has 2 heterocycles. The van der Waals surface area contributed by atoms with Crippen molar-refractivity contribution in [1.82, 2.24) is 19.7 Å². The summed E-state index contributed by atoms with van der Waals surface area (Å²) in [5, 5.41) is 3.84. The molecule has 0 amide bonds. The van der Waals surface area contributed by atoms with Crippen molar-refractivity contribution >= 4 is 0 Å². The molecule has 0 spiro atoms. The number of nitrogens with zero attached hydrogens (tertiary/aromatic N) is 4. The first-order valence-electron chi connectivity index (χ1n) is 4.05. The molecule has 1 unspecified atom stereocenters. The second-order valence-corrected chi connectivity index (χ2v) is 2.86. The second kappa shape index (κ2) is 3.01. The van der Waals surface area contributed by atoms with Crippen molar-refractivity contribution in [2.24, 2.45) is 0 Å². The Balaban J connectivity index is 2.28. The minimum Gasteiger partial charge on any atom is -0.340 e. The summed E-state index contributed by atoms with van der Waals surface area (Å²) in [6.07, 6.45) is 5.33. The SMILES string of the molecule is Cc1nc(C(C)n2ccnc2)no1. The number of hydrogen-bond donors (Lipinski definition) is 0. The van der Waals surface area contributed by atoms with Crippen LogP contribution in [0.1, 0.15) is 24.7 Å². The van der Waals surface area contributed by atoms with Gasteiger partial charge in [-0.25, -0.2) is 4.98 Å². The van der Waals surface area contributed by atoms with E-state index in [1.807, 2.05) is 17.7 Å². The molecule has 0 radical (unpaired) electrons. The summed E-state index contributed by atoms with van der Waals surface area (Å²) in [6, 6.07) is 0.0694. The van der Waals surface area contributed by atoms with Gasteiger partial charge in [0.15, 0.2) is 5.82 Å². The quantitative estimate of drug-likeness (QED) is 0.693. The molecule has 0 saturated heterocycles. The minimum atomic E-state index is 0.0694. The van der Waals surface area contributed by atoms with Crippen molar-refractivity contribution in [3.8, 4) is 0 Å². The molecule has 0 aromatic carbocycles. The normalized spacial score (nSPS) is 13.1. The van der Waals surface area contributed by atoms with E-state index in [2.05, 4.69) is 15.1 Å². The van der Waals surface area contributed by atoms with E-state index in [9.17, 15) is 0 Å². The smallest absolute Gasteiger partial charge is 0.223 e. The Morgan fingerprint density at radius 3 is 2.92 bits per heavy atom. The van der Waals surface area contributed by atoms with Crippen molar-refractivity contribution in [3.63, 3.8) is 0 Å². The van der Waals surface area contributed by atoms with E-state index >= 15 is 0 Å². The van der Waals surface area contributed by atoms with E-state index in [-0.39, 0.29) is 6.04 Å². The van der Waals surface area contributed by atoms with Crippen LogP contribution in [-0.4, -0.2) is 19.7 Å². The van der Waals surface area contributed by atoms with Gasteiger partial charge in [-0.2, -0.15) is 4.98 Å². The van der Waals surface area contributed by atoms with Gasteiger partial charge < -0.3 is 9.09 Å². The lowest BCUT2D eigenvalue weighted by molar-refractivity contribution is 0.381. The first kappa shape index (κ1) is 7.97. The molecule has 1 atom stereocenters. The van der Waals surface area contributed by atoms with E-state index < -0.39 is 0 Å². The van der Waals surface area contributed by atoms with Gasteiger partial charge in [-0.15, -0.1) is 0 Å². The van der Waals surface area contributed by atoms with Crippen LogP contribution in [0.2, 0.25) is 0 Å². The summed E-state index contributed by atoms with van der Waals surface area (Å²) in [5.41, 5.74) is 0. The number of aryl methyl sites for hydroxylation is 1. The lowest BCUT2D eigenvalue weighted by Crippen LogP contribution is -2.05. The van der Waals surface area contributed by atoms with Crippen molar-refractivity contribution in [2.75, 3.05) is 0 Å². The fourth-order valence-electron chi connectivity index (χ4n) is 1.12. The monoisotopic (exact) mass is 178 g/mol. The average Bonchev–Trinajstić information content (AvgIpc) is 2.72. The third kappa shape index (κ3) is 1.44. The Kier molecular flexibility index (Phi) is 1.84. The summed E-state index contributed by atoms with van der Waals surface area (Å²) in [6.45, 7) is 3.77. The Bertz CT molecular complexity index is 379. The standard InChI is InChI=1S/C8H10N4O/c1-6(12-4-3-9-5-12)8-10-7(2)13-11-8/h3-6H,1-2H3. The minimum absolute atomic E-state index is 0.0694. The second-order valence-electron chi connectivity index (χ2n) is 2.86. The van der Waals surface area contributed by atoms with Crippen LogP contribution in [0.4, 0.5) is 0 Å². The van der Waals surface area contributed by atoms with Crippen LogP contribution in [0.25, 0.3) is 0 Å². The molecule has 2 rings (SSSR count). The van der Waals surface area contributed by atoms with Gasteiger partial charge in [0.25, 0.3) is 0 Å². The fraction of sp³-hybridized carbons (Fsp3) is 0.375. The van der Waals surface area contributed by atoms with Crippen LogP contribution in [0.3, 0.4) is 0 Å². The van der Waals surface area contributed by atoms with Crippen molar-refractivity contribution < 1.29 is 4.52 Å². The van der Waals surface area contributed by atoms with Crippen LogP contribution in [0.15, 0.2) is 23.2 Å². The van der Waals surface area contributed by atoms with E-state index in [0.717, 1.165) is 0 Å². The van der Waals surface area contributed by atoms with Crippen LogP contribution in [-0.2, 0) is 0 Å². The number of imidazole rings is 1. The molecule has 0 aliphatic heterocycles. The molecule has 0 aliphatic carbocycles. The highest BCUT2D eigenvalue weighted by Gasteiger charge is 2.12. The maximum Gasteiger partial charge on any atom is 0.223 e. The first-order chi connectivity index (χ1) is 6.27. The Labute approximate surface area is 75.4 Å². The lowest BCUT2D eigenvalue weighted by Gasteiger charge is -2.06. The van der Waals surface area contributed by atoms with Crippen molar-refractivity contribution in [2.45, 2.75) is 19.9 Å². The maximum absolute atomic E-state index is 4.89. The van der Waals surface area contributed by atoms with E-state index in [4.69, 9.17) is 4.52 Å². The predicted octanol–water partition coefficient (Wildman–Crippen LogP) is 1.18. The molecular weight excluding hydrogens is 168 g/mol. The molecule has 68 valence electrons. The topological polar surface area (TPSA) is 56.7 Å². The van der Waals surface area contributed by atoms with Gasteiger partial charge >= 0.3 is 0 Å². The average molecular weight is 178 g/mol. The van der Waals surface area contributed by atoms with Gasteiger partial charge in [-0.05, 0) is 6.92 Å². The predicted molar refractivity (Wildman–Crippen MR) is 45.1 cm³/mol. The molecule has 0 saturated carbocycles. The van der Waals surface area contributed by atoms with Crippen molar-refractivity contribution in [1.29, 1.82) is 0 Å². The zero-order chi connectivity index (χ0) is 9.26. The third-order valence-electron chi connectivity index (χ3n) is 1.89. The summed E-state index contributed by atoms with van der Waals surface area (Å²) in [5.74, 6) is 1.26. The zero-order valence-electron chi connectivity index (χ0n) is 7.51. The summed E-state index contributed by atoms with van der Waals surface area (Å²) in [7, 11) is 0. The Morgan fingerprint density at radius 2 is 2.38 bits per heavy atom. The molecule has 5 nitrogen and oxygen atoms in total. The molecule has 0 bridgehead atoms. The largest absolute Gasteiger partial charge is 0.340 e. The van der Waals surface area contributed by atoms with Crippen molar-refractivity contribution in [3.05, 3.63) is 30.4 Å². The summed E-state index contributed by atoms with van der Waals surface area (Å²) in [4.78, 5) is 8.09. The van der Waals surface area contributed by atoms with Crippen LogP contribution in [0, 0.1) is 6.92 Å². The van der Waals surface area contributed by atoms with Gasteiger partial charge in [0.05, 0.1) is 12.4 Å². The fourth-order valence-corrected chi connectivity index (χ4v) is 1.12. The van der Waals surface area contributed by atoms with Crippen LogP contribution < -0.4 is 0 Å². The Morgan fingerprint density at radius 1 is 1.54 bits per heavy atom. The molecule has 0 aliphatic rings. The van der Waals surface area contributed by atoms with E-state index in [0.29, 0.717) is 11.7 Å². The highest BCUT2D eigenvalue weighted by atomic mass is 16.5. The van der Waals surface area contributed by atoms with E-state index in [1.54, 1.807) is 19.4 Å². The summed E-state index contributed by atoms with van der Waals surface area (Å²) < 4.78 is 6.81. The number of aromatic nitrogens is 4. The lowest BCUT2D eigenvalue weighted by atomic mass is 10.3. The van der Waals surface area contributed by atoms with Gasteiger partial charge in [-0.1, -0.05) is 5.16 Å². The molecule has 0 fully saturated rings. The Hall–Kier alpha value is -1.65. The van der Waals surface area contributed by atoms with Gasteiger partial charge in [0.2, 0.25) is 5.89 Å². The van der Waals surface area contributed by atoms with Crippen LogP contribution in [0.5, 0.6) is 0 Å². The molecule has 2 aromatic heterocycles. The first-order valence-corrected chi connectivity index (χ1v) is 4.05. The molecule has 13 heavy (non-hydrogen) atoms. The molecule has 2 aromatic rings. The molecule has 5 heteroatoms. The molecular formula is C8H10N4O. The zero-order valence-corrected chi connectivity index (χ0v) is 7.51. The van der Waals surface area contributed by atoms with E-state index in [1.165, 1.54) is 0 Å². The van der Waals surface area contributed by atoms with Gasteiger partial charge in [0, 0.05) is 19.3 Å². The molecule has 0 N–H and O–H groups in total. The van der Waals surface area contributed by atoms with Gasteiger partial charge in [0.1, 0.15) is 0 Å². The van der Waals surface area contributed by atoms with Gasteiger partial charge in [-0.3, -0.25) is 0 Å². The third-order valence-corrected chi connectivity index (χ3v) is 1.89. The number of rotatable bonds is 2. The highest BCUT2D eigenvalue weighted by molar-refractivity contribution is 4.95. The number of hydrogen-bond acceptors (Lipinski definition) is 4. The highest BCUT2D eigenvalue weighted by Crippen LogP contribution is 2.12.